The highest BCUT2D eigenvalue weighted by Gasteiger charge is 2.64. The highest BCUT2D eigenvalue weighted by molar-refractivity contribution is 5.86. The molecule has 0 saturated heterocycles. The zero-order valence-electron chi connectivity index (χ0n) is 9.59. The van der Waals surface area contributed by atoms with E-state index in [1.54, 1.807) is 6.07 Å². The molecule has 2 nitrogen and oxygen atoms in total. The topological polar surface area (TPSA) is 41.8 Å². The van der Waals surface area contributed by atoms with Crippen molar-refractivity contribution in [3.05, 3.63) is 35.8 Å². The summed E-state index contributed by atoms with van der Waals surface area (Å²) in [4.78, 5) is 3.18. The summed E-state index contributed by atoms with van der Waals surface area (Å²) >= 11 is 0. The highest BCUT2D eigenvalue weighted by Crippen LogP contribution is 2.64. The van der Waals surface area contributed by atoms with E-state index in [9.17, 15) is 4.39 Å². The summed E-state index contributed by atoms with van der Waals surface area (Å²) < 4.78 is 14.0. The molecule has 2 aliphatic carbocycles. The van der Waals surface area contributed by atoms with E-state index in [1.807, 2.05) is 12.3 Å². The summed E-state index contributed by atoms with van der Waals surface area (Å²) in [5.41, 5.74) is 8.35. The first-order valence-corrected chi connectivity index (χ1v) is 6.21. The molecule has 2 fully saturated rings. The highest BCUT2D eigenvalue weighted by atomic mass is 19.1. The van der Waals surface area contributed by atoms with Gasteiger partial charge in [-0.05, 0) is 43.4 Å². The van der Waals surface area contributed by atoms with Crippen molar-refractivity contribution in [3.63, 3.8) is 0 Å². The third-order valence-corrected chi connectivity index (χ3v) is 4.66. The number of aromatic amines is 1. The fourth-order valence-corrected chi connectivity index (χ4v) is 3.29. The summed E-state index contributed by atoms with van der Waals surface area (Å²) in [5.74, 6) is -0.130. The Morgan fingerprint density at radius 2 is 1.94 bits per heavy atom. The van der Waals surface area contributed by atoms with E-state index in [0.717, 1.165) is 42.1 Å². The van der Waals surface area contributed by atoms with Crippen LogP contribution in [0, 0.1) is 5.82 Å². The number of benzene rings is 1. The Morgan fingerprint density at radius 3 is 2.59 bits per heavy atom. The zero-order valence-corrected chi connectivity index (χ0v) is 9.59. The zero-order chi connectivity index (χ0) is 11.7. The van der Waals surface area contributed by atoms with Crippen LogP contribution in [0.3, 0.4) is 0 Å². The van der Waals surface area contributed by atoms with Gasteiger partial charge < -0.3 is 10.7 Å². The lowest BCUT2D eigenvalue weighted by Crippen LogP contribution is -2.37. The number of aromatic nitrogens is 1. The van der Waals surface area contributed by atoms with Crippen LogP contribution in [0.1, 0.15) is 31.2 Å². The maximum Gasteiger partial charge on any atom is 0.132 e. The molecule has 3 heteroatoms. The molecule has 0 atom stereocenters. The van der Waals surface area contributed by atoms with Gasteiger partial charge in [0.05, 0.1) is 0 Å². The van der Waals surface area contributed by atoms with Crippen molar-refractivity contribution in [3.8, 4) is 0 Å². The molecule has 1 aromatic carbocycles. The molecule has 2 saturated carbocycles. The molecule has 2 aliphatic rings. The van der Waals surface area contributed by atoms with Crippen LogP contribution in [-0.2, 0) is 5.41 Å². The Labute approximate surface area is 99.0 Å². The molecule has 0 aliphatic heterocycles. The Morgan fingerprint density at radius 1 is 1.18 bits per heavy atom. The van der Waals surface area contributed by atoms with Crippen LogP contribution in [0.15, 0.2) is 24.4 Å². The molecule has 4 rings (SSSR count). The first-order valence-electron chi connectivity index (χ1n) is 6.21. The number of rotatable bonds is 2. The van der Waals surface area contributed by atoms with Gasteiger partial charge in [0, 0.05) is 28.1 Å². The molecule has 0 radical (unpaired) electrons. The number of nitrogens with one attached hydrogen (secondary N) is 1. The van der Waals surface area contributed by atoms with Crippen LogP contribution < -0.4 is 5.73 Å². The van der Waals surface area contributed by atoms with E-state index < -0.39 is 0 Å². The summed E-state index contributed by atoms with van der Waals surface area (Å²) in [6.07, 6.45) is 6.32. The van der Waals surface area contributed by atoms with E-state index in [2.05, 4.69) is 4.98 Å². The second-order valence-electron chi connectivity index (χ2n) is 5.60. The molecule has 17 heavy (non-hydrogen) atoms. The lowest BCUT2D eigenvalue weighted by Gasteiger charge is -2.22. The second-order valence-corrected chi connectivity index (χ2v) is 5.60. The molecule has 1 aromatic heterocycles. The molecule has 0 bridgehead atoms. The Balaban J connectivity index is 1.98. The van der Waals surface area contributed by atoms with Crippen LogP contribution >= 0.6 is 0 Å². The second kappa shape index (κ2) is 2.72. The van der Waals surface area contributed by atoms with E-state index in [4.69, 9.17) is 5.73 Å². The minimum Gasteiger partial charge on any atom is -0.361 e. The largest absolute Gasteiger partial charge is 0.361 e. The van der Waals surface area contributed by atoms with Gasteiger partial charge in [0.15, 0.2) is 0 Å². The SMILES string of the molecule is NC1(C2(c3c[nH]c4cccc(F)c34)CC2)CC1. The standard InChI is InChI=1S/C14H15FN2/c15-10-2-1-3-11-12(10)9(8-17-11)13(4-5-13)14(16)6-7-14/h1-3,8,17H,4-7,16H2. The van der Waals surface area contributed by atoms with Crippen molar-refractivity contribution in [2.75, 3.05) is 0 Å². The number of nitrogens with two attached hydrogens (primary N) is 1. The molecule has 88 valence electrons. The smallest absolute Gasteiger partial charge is 0.132 e. The summed E-state index contributed by atoms with van der Waals surface area (Å²) in [5, 5.41) is 0.752. The molecular weight excluding hydrogens is 215 g/mol. The lowest BCUT2D eigenvalue weighted by atomic mass is 9.86. The minimum atomic E-state index is -0.130. The average molecular weight is 230 g/mol. The number of hydrogen-bond acceptors (Lipinski definition) is 1. The molecule has 0 amide bonds. The van der Waals surface area contributed by atoms with Gasteiger partial charge in [-0.25, -0.2) is 4.39 Å². The lowest BCUT2D eigenvalue weighted by molar-refractivity contribution is 0.505. The fraction of sp³-hybridized carbons (Fsp3) is 0.429. The predicted octanol–water partition coefficient (Wildman–Crippen LogP) is 2.83. The molecular formula is C14H15FN2. The molecule has 0 spiro atoms. The first-order chi connectivity index (χ1) is 8.16. The van der Waals surface area contributed by atoms with Crippen molar-refractivity contribution in [1.29, 1.82) is 0 Å². The molecule has 1 heterocycles. The maximum atomic E-state index is 14.0. The van der Waals surface area contributed by atoms with Crippen molar-refractivity contribution < 1.29 is 4.39 Å². The average Bonchev–Trinajstić information content (AvgIpc) is 3.21. The van der Waals surface area contributed by atoms with Crippen LogP contribution in [0.2, 0.25) is 0 Å². The monoisotopic (exact) mass is 230 g/mol. The normalized spacial score (nSPS) is 23.9. The number of halogens is 1. The van der Waals surface area contributed by atoms with Crippen LogP contribution in [0.4, 0.5) is 4.39 Å². The van der Waals surface area contributed by atoms with Crippen LogP contribution in [0.5, 0.6) is 0 Å². The van der Waals surface area contributed by atoms with Crippen molar-refractivity contribution >= 4 is 10.9 Å². The third-order valence-electron chi connectivity index (χ3n) is 4.66. The molecule has 3 N–H and O–H groups in total. The molecule has 0 unspecified atom stereocenters. The number of H-pyrrole nitrogens is 1. The summed E-state index contributed by atoms with van der Waals surface area (Å²) in [7, 11) is 0. The number of hydrogen-bond donors (Lipinski definition) is 2. The third kappa shape index (κ3) is 1.08. The van der Waals surface area contributed by atoms with Gasteiger partial charge in [-0.1, -0.05) is 6.07 Å². The number of fused-ring (bicyclic) bond motifs is 1. The van der Waals surface area contributed by atoms with Crippen molar-refractivity contribution in [2.24, 2.45) is 5.73 Å². The summed E-state index contributed by atoms with van der Waals surface area (Å²) in [6, 6.07) is 5.20. The van der Waals surface area contributed by atoms with Crippen LogP contribution in [-0.4, -0.2) is 10.5 Å². The van der Waals surface area contributed by atoms with E-state index >= 15 is 0 Å². The van der Waals surface area contributed by atoms with Gasteiger partial charge >= 0.3 is 0 Å². The predicted molar refractivity (Wildman–Crippen MR) is 65.3 cm³/mol. The quantitative estimate of drug-likeness (QED) is 0.818. The van der Waals surface area contributed by atoms with Gasteiger partial charge in [0.2, 0.25) is 0 Å². The van der Waals surface area contributed by atoms with Gasteiger partial charge in [-0.2, -0.15) is 0 Å². The van der Waals surface area contributed by atoms with Crippen molar-refractivity contribution in [1.82, 2.24) is 4.98 Å². The van der Waals surface area contributed by atoms with Gasteiger partial charge in [0.25, 0.3) is 0 Å². The Hall–Kier alpha value is -1.35. The summed E-state index contributed by atoms with van der Waals surface area (Å²) in [6.45, 7) is 0. The van der Waals surface area contributed by atoms with Gasteiger partial charge in [-0.15, -0.1) is 0 Å². The van der Waals surface area contributed by atoms with E-state index in [-0.39, 0.29) is 16.8 Å². The van der Waals surface area contributed by atoms with Crippen LogP contribution in [0.25, 0.3) is 10.9 Å². The van der Waals surface area contributed by atoms with Gasteiger partial charge in [0.1, 0.15) is 5.82 Å². The Kier molecular flexibility index (Phi) is 1.55. The van der Waals surface area contributed by atoms with E-state index in [0.29, 0.717) is 0 Å². The van der Waals surface area contributed by atoms with Crippen molar-refractivity contribution in [2.45, 2.75) is 36.6 Å². The van der Waals surface area contributed by atoms with Gasteiger partial charge in [-0.3, -0.25) is 0 Å². The molecule has 2 aromatic rings. The Bertz CT molecular complexity index is 606. The minimum absolute atomic E-state index is 0.0491. The maximum absolute atomic E-state index is 14.0. The first kappa shape index (κ1) is 9.66. The van der Waals surface area contributed by atoms with E-state index in [1.165, 1.54) is 6.07 Å². The fourth-order valence-electron chi connectivity index (χ4n) is 3.29.